The maximum atomic E-state index is 13.5. The fourth-order valence-corrected chi connectivity index (χ4v) is 5.32. The van der Waals surface area contributed by atoms with Gasteiger partial charge in [0.25, 0.3) is 0 Å². The minimum Gasteiger partial charge on any atom is -0.497 e. The van der Waals surface area contributed by atoms with Gasteiger partial charge >= 0.3 is 0 Å². The Hall–Kier alpha value is -4.30. The second-order valence-corrected chi connectivity index (χ2v) is 10.2. The van der Waals surface area contributed by atoms with E-state index < -0.39 is 0 Å². The fourth-order valence-electron chi connectivity index (χ4n) is 4.41. The number of pyridine rings is 1. The third kappa shape index (κ3) is 5.76. The summed E-state index contributed by atoms with van der Waals surface area (Å²) >= 11 is 1.42. The number of methoxy groups -OCH3 is 2. The second kappa shape index (κ2) is 11.6. The molecule has 0 aliphatic heterocycles. The molecule has 8 heteroatoms. The fraction of sp³-hybridized carbons (Fsp3) is 0.194. The van der Waals surface area contributed by atoms with Crippen molar-refractivity contribution in [3.8, 4) is 34.0 Å². The van der Waals surface area contributed by atoms with E-state index in [1.54, 1.807) is 14.2 Å². The number of aromatic amines is 1. The normalized spacial score (nSPS) is 11.8. The SMILES string of the molecule is CCC(Sc1nc(-c2ccc(OC)cc2)c(-c2ccc(OC)cc2)[nH]1)C(=O)Nc1cc(C)nc2ccccc12. The number of aryl methyl sites for hydroxylation is 1. The number of hydrogen-bond acceptors (Lipinski definition) is 6. The highest BCUT2D eigenvalue weighted by atomic mass is 32.2. The van der Waals surface area contributed by atoms with Crippen molar-refractivity contribution < 1.29 is 14.3 Å². The average molecular weight is 539 g/mol. The molecule has 198 valence electrons. The predicted octanol–water partition coefficient (Wildman–Crippen LogP) is 7.13. The summed E-state index contributed by atoms with van der Waals surface area (Å²) in [6.45, 7) is 3.93. The van der Waals surface area contributed by atoms with E-state index in [4.69, 9.17) is 14.5 Å². The maximum absolute atomic E-state index is 13.5. The molecule has 0 aliphatic carbocycles. The molecular weight excluding hydrogens is 508 g/mol. The quantitative estimate of drug-likeness (QED) is 0.194. The van der Waals surface area contributed by atoms with E-state index in [2.05, 4.69) is 15.3 Å². The molecule has 39 heavy (non-hydrogen) atoms. The van der Waals surface area contributed by atoms with Gasteiger partial charge in [0.15, 0.2) is 5.16 Å². The van der Waals surface area contributed by atoms with Gasteiger partial charge in [-0.1, -0.05) is 36.9 Å². The van der Waals surface area contributed by atoms with Gasteiger partial charge < -0.3 is 19.8 Å². The van der Waals surface area contributed by atoms with Crippen molar-refractivity contribution in [1.29, 1.82) is 0 Å². The summed E-state index contributed by atoms with van der Waals surface area (Å²) in [5.41, 5.74) is 6.06. The van der Waals surface area contributed by atoms with Crippen LogP contribution in [0.15, 0.2) is 84.0 Å². The molecule has 0 bridgehead atoms. The molecule has 0 aliphatic rings. The van der Waals surface area contributed by atoms with E-state index in [1.165, 1.54) is 11.8 Å². The number of fused-ring (bicyclic) bond motifs is 1. The Kier molecular flexibility index (Phi) is 7.84. The lowest BCUT2D eigenvalue weighted by Crippen LogP contribution is -2.25. The molecule has 5 rings (SSSR count). The number of ether oxygens (including phenoxy) is 2. The molecule has 2 aromatic heterocycles. The number of thioether (sulfide) groups is 1. The van der Waals surface area contributed by atoms with Crippen LogP contribution in [0.4, 0.5) is 5.69 Å². The molecular formula is C31H30N4O3S. The van der Waals surface area contributed by atoms with Crippen LogP contribution in [0.1, 0.15) is 19.0 Å². The molecule has 0 radical (unpaired) electrons. The number of benzene rings is 3. The number of amides is 1. The number of anilines is 1. The number of H-pyrrole nitrogens is 1. The van der Waals surface area contributed by atoms with Gasteiger partial charge in [-0.25, -0.2) is 4.98 Å². The highest BCUT2D eigenvalue weighted by molar-refractivity contribution is 8.00. The number of para-hydroxylation sites is 1. The molecule has 7 nitrogen and oxygen atoms in total. The zero-order valence-electron chi connectivity index (χ0n) is 22.3. The Morgan fingerprint density at radius 2 is 1.56 bits per heavy atom. The lowest BCUT2D eigenvalue weighted by atomic mass is 10.0. The van der Waals surface area contributed by atoms with Crippen molar-refractivity contribution in [2.45, 2.75) is 30.7 Å². The first-order valence-electron chi connectivity index (χ1n) is 12.7. The number of rotatable bonds is 9. The van der Waals surface area contributed by atoms with Crippen molar-refractivity contribution in [2.75, 3.05) is 19.5 Å². The van der Waals surface area contributed by atoms with Crippen LogP contribution in [0.5, 0.6) is 11.5 Å². The lowest BCUT2D eigenvalue weighted by Gasteiger charge is -2.15. The monoisotopic (exact) mass is 538 g/mol. The van der Waals surface area contributed by atoms with E-state index >= 15 is 0 Å². The number of hydrogen-bond donors (Lipinski definition) is 2. The van der Waals surface area contributed by atoms with Gasteiger partial charge in [0.05, 0.1) is 42.1 Å². The second-order valence-electron chi connectivity index (χ2n) is 9.05. The summed E-state index contributed by atoms with van der Waals surface area (Å²) in [6, 6.07) is 25.4. The summed E-state index contributed by atoms with van der Waals surface area (Å²) in [7, 11) is 3.29. The first kappa shape index (κ1) is 26.3. The highest BCUT2D eigenvalue weighted by Gasteiger charge is 2.23. The maximum Gasteiger partial charge on any atom is 0.237 e. The topological polar surface area (TPSA) is 89.1 Å². The molecule has 0 spiro atoms. The predicted molar refractivity (Wildman–Crippen MR) is 158 cm³/mol. The summed E-state index contributed by atoms with van der Waals surface area (Å²) in [6.07, 6.45) is 0.634. The lowest BCUT2D eigenvalue weighted by molar-refractivity contribution is -0.115. The standard InChI is InChI=1S/C31H30N4O3S/c1-5-27(30(36)33-26-18-19(2)32-25-9-7-6-8-24(25)26)39-31-34-28(20-10-14-22(37-3)15-11-20)29(35-31)21-12-16-23(38-4)17-13-21/h6-18,27H,5H2,1-4H3,(H,34,35)(H,32,33,36). The summed E-state index contributed by atoms with van der Waals surface area (Å²) < 4.78 is 10.7. The van der Waals surface area contributed by atoms with Gasteiger partial charge in [-0.3, -0.25) is 9.78 Å². The van der Waals surface area contributed by atoms with Crippen LogP contribution in [0.3, 0.4) is 0 Å². The van der Waals surface area contributed by atoms with Gasteiger partial charge in [-0.15, -0.1) is 0 Å². The summed E-state index contributed by atoms with van der Waals surface area (Å²) in [5, 5.41) is 4.37. The minimum atomic E-state index is -0.351. The van der Waals surface area contributed by atoms with Gasteiger partial charge in [0.2, 0.25) is 5.91 Å². The smallest absolute Gasteiger partial charge is 0.237 e. The number of imidazole rings is 1. The molecule has 2 N–H and O–H groups in total. The Morgan fingerprint density at radius 3 is 2.21 bits per heavy atom. The van der Waals surface area contributed by atoms with Crippen LogP contribution in [0, 0.1) is 6.92 Å². The molecule has 0 saturated heterocycles. The molecule has 5 aromatic rings. The minimum absolute atomic E-state index is 0.0772. The van der Waals surface area contributed by atoms with Crippen molar-refractivity contribution >= 4 is 34.3 Å². The highest BCUT2D eigenvalue weighted by Crippen LogP contribution is 2.36. The first-order valence-corrected chi connectivity index (χ1v) is 13.6. The van der Waals surface area contributed by atoms with E-state index in [0.29, 0.717) is 11.6 Å². The molecule has 1 amide bonds. The molecule has 0 saturated carbocycles. The van der Waals surface area contributed by atoms with Crippen LogP contribution >= 0.6 is 11.8 Å². The van der Waals surface area contributed by atoms with Crippen LogP contribution in [0.2, 0.25) is 0 Å². The third-order valence-electron chi connectivity index (χ3n) is 6.44. The Balaban J connectivity index is 1.45. The van der Waals surface area contributed by atoms with Crippen LogP contribution in [0.25, 0.3) is 33.4 Å². The first-order chi connectivity index (χ1) is 19.0. The number of nitrogens with one attached hydrogen (secondary N) is 2. The third-order valence-corrected chi connectivity index (χ3v) is 7.69. The van der Waals surface area contributed by atoms with E-state index in [9.17, 15) is 4.79 Å². The van der Waals surface area contributed by atoms with E-state index in [1.807, 2.05) is 92.7 Å². The molecule has 2 heterocycles. The van der Waals surface area contributed by atoms with Gasteiger partial charge in [0, 0.05) is 22.2 Å². The molecule has 1 unspecified atom stereocenters. The number of carbonyl (C=O) groups excluding carboxylic acids is 1. The van der Waals surface area contributed by atoms with Crippen molar-refractivity contribution in [3.63, 3.8) is 0 Å². The van der Waals surface area contributed by atoms with E-state index in [-0.39, 0.29) is 11.2 Å². The van der Waals surface area contributed by atoms with Gasteiger partial charge in [-0.2, -0.15) is 0 Å². The zero-order valence-corrected chi connectivity index (χ0v) is 23.1. The largest absolute Gasteiger partial charge is 0.497 e. The average Bonchev–Trinajstić information content (AvgIpc) is 3.39. The summed E-state index contributed by atoms with van der Waals surface area (Å²) in [4.78, 5) is 26.5. The van der Waals surface area contributed by atoms with Crippen molar-refractivity contribution in [3.05, 3.63) is 84.6 Å². The van der Waals surface area contributed by atoms with Gasteiger partial charge in [-0.05, 0) is 74.0 Å². The Morgan fingerprint density at radius 1 is 0.923 bits per heavy atom. The summed E-state index contributed by atoms with van der Waals surface area (Å²) in [5.74, 6) is 1.48. The van der Waals surface area contributed by atoms with Gasteiger partial charge in [0.1, 0.15) is 11.5 Å². The molecule has 0 fully saturated rings. The van der Waals surface area contributed by atoms with Crippen LogP contribution in [-0.2, 0) is 4.79 Å². The number of nitrogens with zero attached hydrogens (tertiary/aromatic N) is 2. The molecule has 1 atom stereocenters. The Labute approximate surface area is 232 Å². The number of aromatic nitrogens is 3. The zero-order chi connectivity index (χ0) is 27.4. The van der Waals surface area contributed by atoms with Crippen molar-refractivity contribution in [2.24, 2.45) is 0 Å². The van der Waals surface area contributed by atoms with E-state index in [0.717, 1.165) is 56.3 Å². The van der Waals surface area contributed by atoms with Crippen LogP contribution in [-0.4, -0.2) is 40.3 Å². The molecule has 3 aromatic carbocycles. The number of carbonyl (C=O) groups is 1. The Bertz CT molecular complexity index is 1530. The van der Waals surface area contributed by atoms with Crippen LogP contribution < -0.4 is 14.8 Å². The van der Waals surface area contributed by atoms with Crippen molar-refractivity contribution in [1.82, 2.24) is 15.0 Å².